The maximum absolute atomic E-state index is 4.56. The third kappa shape index (κ3) is 3.38. The molecule has 4 heteroatoms. The molecule has 0 spiro atoms. The van der Waals surface area contributed by atoms with Crippen molar-refractivity contribution in [1.82, 2.24) is 9.55 Å². The molecule has 0 bridgehead atoms. The highest BCUT2D eigenvalue weighted by atomic mass is 79.9. The van der Waals surface area contributed by atoms with Crippen LogP contribution in [0.1, 0.15) is 31.0 Å². The first kappa shape index (κ1) is 14.1. The van der Waals surface area contributed by atoms with Gasteiger partial charge in [0.15, 0.2) is 0 Å². The number of hydrogen-bond acceptors (Lipinski definition) is 2. The Bertz CT molecular complexity index is 561. The third-order valence-electron chi connectivity index (χ3n) is 3.00. The molecule has 1 N–H and O–H groups in total. The summed E-state index contributed by atoms with van der Waals surface area (Å²) in [6.07, 6.45) is 4.40. The standard InChI is InChI=1S/C15H20BrN3/c1-4-5-8-17-15-18-12(3)10-19(15)14-9-11(2)6-7-13(14)16/h6-7,9-10H,4-5,8H2,1-3H3,(H,17,18). The Balaban J connectivity index is 2.35. The van der Waals surface area contributed by atoms with Gasteiger partial charge < -0.3 is 5.32 Å². The number of aryl methyl sites for hydroxylation is 2. The Morgan fingerprint density at radius 2 is 2.11 bits per heavy atom. The van der Waals surface area contributed by atoms with E-state index in [-0.39, 0.29) is 0 Å². The van der Waals surface area contributed by atoms with Crippen LogP contribution in [-0.4, -0.2) is 16.1 Å². The maximum Gasteiger partial charge on any atom is 0.207 e. The van der Waals surface area contributed by atoms with Crippen LogP contribution >= 0.6 is 15.9 Å². The molecule has 102 valence electrons. The largest absolute Gasteiger partial charge is 0.355 e. The van der Waals surface area contributed by atoms with Crippen LogP contribution in [0.3, 0.4) is 0 Å². The molecule has 2 rings (SSSR count). The summed E-state index contributed by atoms with van der Waals surface area (Å²) in [5.41, 5.74) is 3.39. The molecule has 0 atom stereocenters. The second-order valence-corrected chi connectivity index (χ2v) is 5.67. The van der Waals surface area contributed by atoms with Crippen LogP contribution in [0.25, 0.3) is 5.69 Å². The zero-order chi connectivity index (χ0) is 13.8. The number of imidazole rings is 1. The summed E-state index contributed by atoms with van der Waals surface area (Å²) in [6.45, 7) is 7.27. The summed E-state index contributed by atoms with van der Waals surface area (Å²) >= 11 is 3.62. The molecule has 2 aromatic rings. The molecule has 1 aromatic heterocycles. The normalized spacial score (nSPS) is 10.7. The zero-order valence-corrected chi connectivity index (χ0v) is 13.3. The Hall–Kier alpha value is -1.29. The summed E-state index contributed by atoms with van der Waals surface area (Å²) < 4.78 is 3.19. The van der Waals surface area contributed by atoms with Gasteiger partial charge >= 0.3 is 0 Å². The van der Waals surface area contributed by atoms with Crippen LogP contribution in [0.2, 0.25) is 0 Å². The number of nitrogens with zero attached hydrogens (tertiary/aromatic N) is 2. The van der Waals surface area contributed by atoms with Gasteiger partial charge in [0.2, 0.25) is 5.95 Å². The highest BCUT2D eigenvalue weighted by Gasteiger charge is 2.10. The van der Waals surface area contributed by atoms with Crippen molar-refractivity contribution in [2.24, 2.45) is 0 Å². The molecular formula is C15H20BrN3. The van der Waals surface area contributed by atoms with Gasteiger partial charge in [0.25, 0.3) is 0 Å². The van der Waals surface area contributed by atoms with E-state index in [1.165, 1.54) is 12.0 Å². The number of aromatic nitrogens is 2. The van der Waals surface area contributed by atoms with E-state index in [1.54, 1.807) is 0 Å². The number of nitrogens with one attached hydrogen (secondary N) is 1. The molecule has 19 heavy (non-hydrogen) atoms. The van der Waals surface area contributed by atoms with Gasteiger partial charge in [-0.3, -0.25) is 4.57 Å². The molecule has 0 aliphatic rings. The van der Waals surface area contributed by atoms with Crippen molar-refractivity contribution in [2.75, 3.05) is 11.9 Å². The predicted molar refractivity (Wildman–Crippen MR) is 84.1 cm³/mol. The highest BCUT2D eigenvalue weighted by Crippen LogP contribution is 2.25. The topological polar surface area (TPSA) is 29.9 Å². The van der Waals surface area contributed by atoms with Gasteiger partial charge in [-0.1, -0.05) is 19.4 Å². The fraction of sp³-hybridized carbons (Fsp3) is 0.400. The number of rotatable bonds is 5. The fourth-order valence-electron chi connectivity index (χ4n) is 1.99. The van der Waals surface area contributed by atoms with Crippen LogP contribution in [-0.2, 0) is 0 Å². The second kappa shape index (κ2) is 6.24. The molecule has 0 saturated carbocycles. The monoisotopic (exact) mass is 321 g/mol. The van der Waals surface area contributed by atoms with E-state index in [1.807, 2.05) is 6.92 Å². The molecule has 1 aromatic carbocycles. The van der Waals surface area contributed by atoms with Crippen molar-refractivity contribution < 1.29 is 0 Å². The number of anilines is 1. The molecule has 0 radical (unpaired) electrons. The molecule has 0 amide bonds. The lowest BCUT2D eigenvalue weighted by atomic mass is 10.2. The van der Waals surface area contributed by atoms with Crippen LogP contribution in [0.15, 0.2) is 28.9 Å². The van der Waals surface area contributed by atoms with Crippen molar-refractivity contribution in [3.63, 3.8) is 0 Å². The Kier molecular flexibility index (Phi) is 4.64. The van der Waals surface area contributed by atoms with Crippen molar-refractivity contribution in [3.8, 4) is 5.69 Å². The van der Waals surface area contributed by atoms with E-state index in [9.17, 15) is 0 Å². The van der Waals surface area contributed by atoms with Crippen molar-refractivity contribution >= 4 is 21.9 Å². The molecular weight excluding hydrogens is 302 g/mol. The minimum atomic E-state index is 0.914. The first-order valence-electron chi connectivity index (χ1n) is 6.68. The number of unbranched alkanes of at least 4 members (excludes halogenated alkanes) is 1. The van der Waals surface area contributed by atoms with Gasteiger partial charge in [-0.2, -0.15) is 0 Å². The first-order chi connectivity index (χ1) is 9.11. The highest BCUT2D eigenvalue weighted by molar-refractivity contribution is 9.10. The third-order valence-corrected chi connectivity index (χ3v) is 3.67. The van der Waals surface area contributed by atoms with Crippen molar-refractivity contribution in [2.45, 2.75) is 33.6 Å². The fourth-order valence-corrected chi connectivity index (χ4v) is 2.43. The summed E-state index contributed by atoms with van der Waals surface area (Å²) in [5, 5.41) is 3.41. The molecule has 0 fully saturated rings. The van der Waals surface area contributed by atoms with Gasteiger partial charge in [0.05, 0.1) is 11.4 Å². The molecule has 0 aliphatic heterocycles. The zero-order valence-electron chi connectivity index (χ0n) is 11.7. The van der Waals surface area contributed by atoms with E-state index in [0.29, 0.717) is 0 Å². The lowest BCUT2D eigenvalue weighted by molar-refractivity contribution is 0.822. The summed E-state index contributed by atoms with van der Waals surface area (Å²) in [5.74, 6) is 0.914. The van der Waals surface area contributed by atoms with Crippen molar-refractivity contribution in [3.05, 3.63) is 40.1 Å². The van der Waals surface area contributed by atoms with Crippen LogP contribution in [0, 0.1) is 13.8 Å². The lowest BCUT2D eigenvalue weighted by Gasteiger charge is -2.11. The number of benzene rings is 1. The van der Waals surface area contributed by atoms with Crippen LogP contribution in [0.5, 0.6) is 0 Å². The molecule has 0 saturated heterocycles. The minimum Gasteiger partial charge on any atom is -0.355 e. The molecule has 3 nitrogen and oxygen atoms in total. The van der Waals surface area contributed by atoms with E-state index < -0.39 is 0 Å². The summed E-state index contributed by atoms with van der Waals surface area (Å²) in [7, 11) is 0. The molecule has 1 heterocycles. The van der Waals surface area contributed by atoms with E-state index in [2.05, 4.69) is 69.0 Å². The van der Waals surface area contributed by atoms with E-state index >= 15 is 0 Å². The number of hydrogen-bond donors (Lipinski definition) is 1. The number of halogens is 1. The lowest BCUT2D eigenvalue weighted by Crippen LogP contribution is -2.07. The average Bonchev–Trinajstić information content (AvgIpc) is 2.74. The SMILES string of the molecule is CCCCNc1nc(C)cn1-c1cc(C)ccc1Br. The van der Waals surface area contributed by atoms with Crippen LogP contribution < -0.4 is 5.32 Å². The predicted octanol–water partition coefficient (Wildman–Crippen LogP) is 4.46. The quantitative estimate of drug-likeness (QED) is 0.824. The van der Waals surface area contributed by atoms with E-state index in [0.717, 1.165) is 34.8 Å². The van der Waals surface area contributed by atoms with Crippen molar-refractivity contribution in [1.29, 1.82) is 0 Å². The Labute approximate surface area is 123 Å². The summed E-state index contributed by atoms with van der Waals surface area (Å²) in [6, 6.07) is 6.34. The first-order valence-corrected chi connectivity index (χ1v) is 7.47. The van der Waals surface area contributed by atoms with Crippen LogP contribution in [0.4, 0.5) is 5.95 Å². The summed E-state index contributed by atoms with van der Waals surface area (Å²) in [4.78, 5) is 4.56. The molecule has 0 unspecified atom stereocenters. The van der Waals surface area contributed by atoms with Gasteiger partial charge in [-0.15, -0.1) is 0 Å². The Morgan fingerprint density at radius 3 is 2.84 bits per heavy atom. The maximum atomic E-state index is 4.56. The smallest absolute Gasteiger partial charge is 0.207 e. The average molecular weight is 322 g/mol. The van der Waals surface area contributed by atoms with Gasteiger partial charge in [-0.05, 0) is 53.9 Å². The minimum absolute atomic E-state index is 0.914. The van der Waals surface area contributed by atoms with Gasteiger partial charge in [-0.25, -0.2) is 4.98 Å². The molecule has 0 aliphatic carbocycles. The van der Waals surface area contributed by atoms with Gasteiger partial charge in [0, 0.05) is 17.2 Å². The van der Waals surface area contributed by atoms with Gasteiger partial charge in [0.1, 0.15) is 0 Å². The second-order valence-electron chi connectivity index (χ2n) is 4.81. The Morgan fingerprint density at radius 1 is 1.32 bits per heavy atom. The van der Waals surface area contributed by atoms with E-state index in [4.69, 9.17) is 0 Å².